The average molecular weight is 532 g/mol. The van der Waals surface area contributed by atoms with E-state index in [9.17, 15) is 35.9 Å². The van der Waals surface area contributed by atoms with E-state index in [1.54, 1.807) is 0 Å². The molecule has 3 N–H and O–H groups in total. The van der Waals surface area contributed by atoms with Crippen molar-refractivity contribution in [1.82, 2.24) is 19.9 Å². The van der Waals surface area contributed by atoms with E-state index in [-0.39, 0.29) is 28.3 Å². The summed E-state index contributed by atoms with van der Waals surface area (Å²) < 4.78 is 85.6. The van der Waals surface area contributed by atoms with Gasteiger partial charge in [0, 0.05) is 12.3 Å². The van der Waals surface area contributed by atoms with Crippen LogP contribution in [-0.2, 0) is 10.2 Å². The van der Waals surface area contributed by atoms with Gasteiger partial charge in [0.05, 0.1) is 23.4 Å². The Balaban J connectivity index is 1.99. The molecule has 0 aliphatic carbocycles. The normalized spacial score (nSPS) is 14.3. The van der Waals surface area contributed by atoms with E-state index in [0.29, 0.717) is 4.68 Å². The van der Waals surface area contributed by atoms with Gasteiger partial charge < -0.3 is 15.6 Å². The minimum atomic E-state index is -4.73. The predicted octanol–water partition coefficient (Wildman–Crippen LogP) is 4.74. The van der Waals surface area contributed by atoms with Gasteiger partial charge in [0.25, 0.3) is 5.91 Å². The number of nitrogens with zero attached hydrogens (tertiary/aromatic N) is 4. The lowest BCUT2D eigenvalue weighted by molar-refractivity contribution is -0.185. The number of primary amides is 1. The molecule has 0 saturated heterocycles. The number of aromatic nitrogens is 4. The van der Waals surface area contributed by atoms with E-state index in [1.165, 1.54) is 25.3 Å². The van der Waals surface area contributed by atoms with Gasteiger partial charge in [0.2, 0.25) is 5.91 Å². The number of anilines is 1. The number of carbonyl (C=O) groups excluding carboxylic acids is 2. The molecule has 3 heterocycles. The Bertz CT molecular complexity index is 1310. The quantitative estimate of drug-likeness (QED) is 0.423. The van der Waals surface area contributed by atoms with Gasteiger partial charge in [-0.25, -0.2) is 0 Å². The van der Waals surface area contributed by atoms with E-state index in [0.717, 1.165) is 33.0 Å². The molecule has 0 aliphatic heterocycles. The Morgan fingerprint density at radius 1 is 1.14 bits per heavy atom. The fourth-order valence-corrected chi connectivity index (χ4v) is 3.32. The standard InChI is InChI=1S/C22H22F6N6O3/c1-10(19(36)32-15-8-14(37-33-15)20(3,4)22(26,27)28)12-6-5-7-30-16(12)17-13(18(29)35)9-31-34(17)11(2)21(23,24)25/h5-11H,1-4H3,(H2,29,35)(H,32,33,36). The van der Waals surface area contributed by atoms with Gasteiger partial charge in [-0.2, -0.15) is 31.4 Å². The maximum absolute atomic E-state index is 13.5. The minimum Gasteiger partial charge on any atom is -0.365 e. The van der Waals surface area contributed by atoms with Crippen molar-refractivity contribution in [1.29, 1.82) is 0 Å². The van der Waals surface area contributed by atoms with Gasteiger partial charge in [-0.3, -0.25) is 19.3 Å². The minimum absolute atomic E-state index is 0.0953. The van der Waals surface area contributed by atoms with Crippen LogP contribution in [0.25, 0.3) is 11.4 Å². The van der Waals surface area contributed by atoms with Gasteiger partial charge in [-0.1, -0.05) is 11.2 Å². The van der Waals surface area contributed by atoms with Crippen LogP contribution in [0.4, 0.5) is 32.2 Å². The summed E-state index contributed by atoms with van der Waals surface area (Å²) in [5, 5.41) is 9.47. The highest BCUT2D eigenvalue weighted by Gasteiger charge is 2.51. The number of nitrogens with two attached hydrogens (primary N) is 1. The summed E-state index contributed by atoms with van der Waals surface area (Å²) in [5.41, 5.74) is 2.21. The number of amides is 2. The van der Waals surface area contributed by atoms with Gasteiger partial charge in [-0.05, 0) is 39.3 Å². The number of carbonyl (C=O) groups is 2. The van der Waals surface area contributed by atoms with E-state index >= 15 is 0 Å². The van der Waals surface area contributed by atoms with Gasteiger partial charge in [-0.15, -0.1) is 0 Å². The maximum Gasteiger partial charge on any atom is 0.410 e. The molecule has 0 spiro atoms. The van der Waals surface area contributed by atoms with E-state index < -0.39 is 47.3 Å². The molecule has 200 valence electrons. The number of hydrogen-bond acceptors (Lipinski definition) is 6. The molecule has 3 rings (SSSR count). The predicted molar refractivity (Wildman–Crippen MR) is 117 cm³/mol. The molecule has 0 fully saturated rings. The van der Waals surface area contributed by atoms with Crippen molar-refractivity contribution >= 4 is 17.6 Å². The number of rotatable bonds is 7. The molecule has 2 unspecified atom stereocenters. The van der Waals surface area contributed by atoms with Crippen molar-refractivity contribution in [2.45, 2.75) is 57.4 Å². The van der Waals surface area contributed by atoms with Crippen LogP contribution in [-0.4, -0.2) is 44.1 Å². The third-order valence-corrected chi connectivity index (χ3v) is 5.91. The number of pyridine rings is 1. The second kappa shape index (κ2) is 9.52. The van der Waals surface area contributed by atoms with Crippen LogP contribution in [0.1, 0.15) is 61.3 Å². The molecule has 2 atom stereocenters. The summed E-state index contributed by atoms with van der Waals surface area (Å²) in [6.45, 7) is 3.97. The van der Waals surface area contributed by atoms with Crippen molar-refractivity contribution in [2.24, 2.45) is 5.73 Å². The first-order valence-electron chi connectivity index (χ1n) is 10.7. The van der Waals surface area contributed by atoms with Crippen LogP contribution in [0, 0.1) is 0 Å². The highest BCUT2D eigenvalue weighted by molar-refractivity contribution is 6.00. The topological polar surface area (TPSA) is 129 Å². The van der Waals surface area contributed by atoms with Crippen LogP contribution < -0.4 is 11.1 Å². The third-order valence-electron chi connectivity index (χ3n) is 5.91. The average Bonchev–Trinajstić information content (AvgIpc) is 3.44. The van der Waals surface area contributed by atoms with E-state index in [1.807, 2.05) is 0 Å². The molecular weight excluding hydrogens is 510 g/mol. The molecule has 0 aliphatic rings. The zero-order valence-electron chi connectivity index (χ0n) is 19.9. The summed E-state index contributed by atoms with van der Waals surface area (Å²) >= 11 is 0. The fraction of sp³-hybridized carbons (Fsp3) is 0.409. The summed E-state index contributed by atoms with van der Waals surface area (Å²) in [6.07, 6.45) is -7.27. The van der Waals surface area contributed by atoms with Crippen LogP contribution in [0.5, 0.6) is 0 Å². The summed E-state index contributed by atoms with van der Waals surface area (Å²) in [4.78, 5) is 29.0. The van der Waals surface area contributed by atoms with E-state index in [4.69, 9.17) is 10.3 Å². The first-order valence-corrected chi connectivity index (χ1v) is 10.7. The number of nitrogens with one attached hydrogen (secondary N) is 1. The first-order chi connectivity index (χ1) is 17.0. The monoisotopic (exact) mass is 532 g/mol. The Kier molecular flexibility index (Phi) is 7.12. The lowest BCUT2D eigenvalue weighted by Gasteiger charge is -2.24. The second-order valence-electron chi connectivity index (χ2n) is 8.78. The van der Waals surface area contributed by atoms with Crippen molar-refractivity contribution in [3.8, 4) is 11.4 Å². The smallest absolute Gasteiger partial charge is 0.365 e. The number of halogens is 6. The van der Waals surface area contributed by atoms with Gasteiger partial charge in [0.1, 0.15) is 17.2 Å². The van der Waals surface area contributed by atoms with Crippen molar-refractivity contribution in [3.05, 3.63) is 47.5 Å². The molecule has 9 nitrogen and oxygen atoms in total. The Hall–Kier alpha value is -3.91. The first kappa shape index (κ1) is 27.7. The highest BCUT2D eigenvalue weighted by atomic mass is 19.4. The van der Waals surface area contributed by atoms with Crippen LogP contribution in [0.3, 0.4) is 0 Å². The third kappa shape index (κ3) is 5.29. The molecule has 0 bridgehead atoms. The lowest BCUT2D eigenvalue weighted by atomic mass is 9.89. The molecular formula is C22H22F6N6O3. The lowest BCUT2D eigenvalue weighted by Crippen LogP contribution is -2.35. The molecule has 37 heavy (non-hydrogen) atoms. The van der Waals surface area contributed by atoms with E-state index in [2.05, 4.69) is 20.6 Å². The van der Waals surface area contributed by atoms with Gasteiger partial charge in [0.15, 0.2) is 11.6 Å². The number of hydrogen-bond donors (Lipinski definition) is 2. The Morgan fingerprint density at radius 2 is 1.78 bits per heavy atom. The molecule has 15 heteroatoms. The molecule has 0 saturated carbocycles. The Morgan fingerprint density at radius 3 is 2.35 bits per heavy atom. The summed E-state index contributed by atoms with van der Waals surface area (Å²) in [7, 11) is 0. The second-order valence-corrected chi connectivity index (χ2v) is 8.78. The van der Waals surface area contributed by atoms with Gasteiger partial charge >= 0.3 is 12.4 Å². The SMILES string of the molecule is CC(C(=O)Nc1cc(C(C)(C)C(F)(F)F)on1)c1cccnc1-c1c(C(N)=O)cnn1C(C)C(F)(F)F. The largest absolute Gasteiger partial charge is 0.410 e. The van der Waals surface area contributed by atoms with Crippen LogP contribution >= 0.6 is 0 Å². The zero-order valence-corrected chi connectivity index (χ0v) is 19.9. The van der Waals surface area contributed by atoms with Crippen molar-refractivity contribution < 1.29 is 40.5 Å². The zero-order chi connectivity index (χ0) is 27.9. The fourth-order valence-electron chi connectivity index (χ4n) is 3.32. The summed E-state index contributed by atoms with van der Waals surface area (Å²) in [6, 6.07) is 1.57. The molecule has 3 aromatic rings. The van der Waals surface area contributed by atoms with Crippen LogP contribution in [0.2, 0.25) is 0 Å². The van der Waals surface area contributed by atoms with Crippen molar-refractivity contribution in [3.63, 3.8) is 0 Å². The molecule has 0 radical (unpaired) electrons. The highest BCUT2D eigenvalue weighted by Crippen LogP contribution is 2.41. The van der Waals surface area contributed by atoms with Crippen molar-refractivity contribution in [2.75, 3.05) is 5.32 Å². The molecule has 3 aromatic heterocycles. The molecule has 2 amide bonds. The van der Waals surface area contributed by atoms with Crippen LogP contribution in [0.15, 0.2) is 35.1 Å². The Labute approximate surface area is 206 Å². The number of alkyl halides is 6. The molecule has 0 aromatic carbocycles. The summed E-state index contributed by atoms with van der Waals surface area (Å²) in [5.74, 6) is -3.81. The maximum atomic E-state index is 13.5.